The van der Waals surface area contributed by atoms with E-state index in [0.717, 1.165) is 0 Å². The van der Waals surface area contributed by atoms with Gasteiger partial charge in [-0.05, 0) is 12.1 Å². The van der Waals surface area contributed by atoms with Gasteiger partial charge in [0.2, 0.25) is 11.8 Å². The first-order valence-corrected chi connectivity index (χ1v) is 4.46. The van der Waals surface area contributed by atoms with Crippen LogP contribution in [0, 0.1) is 5.82 Å². The largest absolute Gasteiger partial charge is 0.320 e. The van der Waals surface area contributed by atoms with E-state index in [4.69, 9.17) is 0 Å². The van der Waals surface area contributed by atoms with Crippen molar-refractivity contribution in [3.05, 3.63) is 24.0 Å². The van der Waals surface area contributed by atoms with Crippen molar-refractivity contribution < 1.29 is 14.0 Å². The number of benzene rings is 1. The highest BCUT2D eigenvalue weighted by Gasteiger charge is 2.26. The van der Waals surface area contributed by atoms with Gasteiger partial charge in [-0.3, -0.25) is 9.59 Å². The lowest BCUT2D eigenvalue weighted by molar-refractivity contribution is -0.120. The van der Waals surface area contributed by atoms with Crippen LogP contribution in [0.15, 0.2) is 18.2 Å². The third-order valence-electron chi connectivity index (χ3n) is 2.23. The molecule has 78 valence electrons. The normalized spacial score (nSPS) is 14.5. The van der Waals surface area contributed by atoms with Crippen molar-refractivity contribution in [2.75, 3.05) is 16.8 Å². The lowest BCUT2D eigenvalue weighted by Crippen LogP contribution is -2.41. The van der Waals surface area contributed by atoms with Crippen LogP contribution in [0.4, 0.5) is 15.8 Å². The number of carbonyl (C=O) groups is 2. The summed E-state index contributed by atoms with van der Waals surface area (Å²) in [5.41, 5.74) is 0.478. The fourth-order valence-corrected chi connectivity index (χ4v) is 1.55. The molecule has 1 heterocycles. The maximum absolute atomic E-state index is 13.3. The van der Waals surface area contributed by atoms with Crippen LogP contribution in [0.5, 0.6) is 0 Å². The summed E-state index contributed by atoms with van der Waals surface area (Å²) in [5.74, 6) is -1.20. The summed E-state index contributed by atoms with van der Waals surface area (Å²) in [4.78, 5) is 23.7. The number of para-hydroxylation sites is 1. The van der Waals surface area contributed by atoms with Crippen LogP contribution in [-0.2, 0) is 9.59 Å². The SMILES string of the molecule is CC(=O)N1CC(=O)Nc2c(F)cccc21. The molecule has 0 saturated carbocycles. The summed E-state index contributed by atoms with van der Waals surface area (Å²) >= 11 is 0. The Morgan fingerprint density at radius 1 is 1.53 bits per heavy atom. The maximum Gasteiger partial charge on any atom is 0.244 e. The molecule has 1 aliphatic rings. The lowest BCUT2D eigenvalue weighted by atomic mass is 10.2. The van der Waals surface area contributed by atoms with E-state index in [9.17, 15) is 14.0 Å². The summed E-state index contributed by atoms with van der Waals surface area (Å²) in [5, 5.41) is 2.41. The summed E-state index contributed by atoms with van der Waals surface area (Å²) in [6, 6.07) is 4.34. The smallest absolute Gasteiger partial charge is 0.244 e. The van der Waals surface area contributed by atoms with Gasteiger partial charge in [-0.2, -0.15) is 0 Å². The van der Waals surface area contributed by atoms with Gasteiger partial charge >= 0.3 is 0 Å². The number of hydrogen-bond donors (Lipinski definition) is 1. The lowest BCUT2D eigenvalue weighted by Gasteiger charge is -2.28. The van der Waals surface area contributed by atoms with Crippen LogP contribution >= 0.6 is 0 Å². The minimum Gasteiger partial charge on any atom is -0.320 e. The van der Waals surface area contributed by atoms with Crippen molar-refractivity contribution in [2.45, 2.75) is 6.92 Å². The van der Waals surface area contributed by atoms with Crippen molar-refractivity contribution in [3.63, 3.8) is 0 Å². The summed E-state index contributed by atoms with van der Waals surface area (Å²) in [6.07, 6.45) is 0. The molecular formula is C10H9FN2O2. The van der Waals surface area contributed by atoms with Gasteiger partial charge in [-0.1, -0.05) is 6.07 Å². The molecule has 2 amide bonds. The molecule has 1 aromatic carbocycles. The van der Waals surface area contributed by atoms with Gasteiger partial charge in [0.25, 0.3) is 0 Å². The zero-order chi connectivity index (χ0) is 11.0. The van der Waals surface area contributed by atoms with Crippen molar-refractivity contribution >= 4 is 23.2 Å². The number of nitrogens with one attached hydrogen (secondary N) is 1. The Bertz CT molecular complexity index is 445. The molecule has 5 heteroatoms. The van der Waals surface area contributed by atoms with Crippen molar-refractivity contribution in [1.82, 2.24) is 0 Å². The molecule has 0 fully saturated rings. The first kappa shape index (κ1) is 9.64. The number of nitrogens with zero attached hydrogens (tertiary/aromatic N) is 1. The molecular weight excluding hydrogens is 199 g/mol. The zero-order valence-electron chi connectivity index (χ0n) is 8.08. The van der Waals surface area contributed by atoms with Crippen molar-refractivity contribution in [2.24, 2.45) is 0 Å². The Hall–Kier alpha value is -1.91. The predicted octanol–water partition coefficient (Wildman–Crippen LogP) is 1.13. The van der Waals surface area contributed by atoms with Gasteiger partial charge in [0, 0.05) is 6.92 Å². The number of carbonyl (C=O) groups excluding carboxylic acids is 2. The number of rotatable bonds is 0. The second kappa shape index (κ2) is 3.34. The molecule has 1 aliphatic heterocycles. The van der Waals surface area contributed by atoms with Crippen LogP contribution in [0.25, 0.3) is 0 Å². The van der Waals surface area contributed by atoms with E-state index >= 15 is 0 Å². The monoisotopic (exact) mass is 208 g/mol. The standard InChI is InChI=1S/C10H9FN2O2/c1-6(14)13-5-9(15)12-10-7(11)3-2-4-8(10)13/h2-4H,5H2,1H3,(H,12,15). The highest BCUT2D eigenvalue weighted by Crippen LogP contribution is 2.31. The third-order valence-corrected chi connectivity index (χ3v) is 2.23. The van der Waals surface area contributed by atoms with Crippen LogP contribution in [0.1, 0.15) is 6.92 Å². The molecule has 0 saturated heterocycles. The van der Waals surface area contributed by atoms with Gasteiger partial charge in [0.15, 0.2) is 0 Å². The van der Waals surface area contributed by atoms with E-state index < -0.39 is 5.82 Å². The fourth-order valence-electron chi connectivity index (χ4n) is 1.55. The molecule has 4 nitrogen and oxygen atoms in total. The van der Waals surface area contributed by atoms with Gasteiger partial charge in [-0.15, -0.1) is 0 Å². The topological polar surface area (TPSA) is 49.4 Å². The maximum atomic E-state index is 13.3. The molecule has 1 aromatic rings. The van der Waals surface area contributed by atoms with Gasteiger partial charge in [0.05, 0.1) is 5.69 Å². The van der Waals surface area contributed by atoms with Crippen LogP contribution in [0.2, 0.25) is 0 Å². The van der Waals surface area contributed by atoms with Crippen molar-refractivity contribution in [1.29, 1.82) is 0 Å². The molecule has 15 heavy (non-hydrogen) atoms. The molecule has 0 aromatic heterocycles. The highest BCUT2D eigenvalue weighted by atomic mass is 19.1. The van der Waals surface area contributed by atoms with E-state index in [0.29, 0.717) is 5.69 Å². The van der Waals surface area contributed by atoms with E-state index in [1.165, 1.54) is 24.0 Å². The molecule has 0 atom stereocenters. The molecule has 0 spiro atoms. The molecule has 0 radical (unpaired) electrons. The second-order valence-corrected chi connectivity index (χ2v) is 3.29. The Morgan fingerprint density at radius 3 is 2.93 bits per heavy atom. The third kappa shape index (κ3) is 1.56. The van der Waals surface area contributed by atoms with E-state index in [1.54, 1.807) is 6.07 Å². The summed E-state index contributed by atoms with van der Waals surface area (Å²) in [7, 11) is 0. The molecule has 0 unspecified atom stereocenters. The first-order chi connectivity index (χ1) is 7.09. The van der Waals surface area contributed by atoms with Crippen LogP contribution in [-0.4, -0.2) is 18.4 Å². The Morgan fingerprint density at radius 2 is 2.27 bits per heavy atom. The quantitative estimate of drug-likeness (QED) is 0.694. The van der Waals surface area contributed by atoms with E-state index in [2.05, 4.69) is 5.32 Å². The average molecular weight is 208 g/mol. The van der Waals surface area contributed by atoms with Gasteiger partial charge in [-0.25, -0.2) is 4.39 Å². The van der Waals surface area contributed by atoms with Crippen LogP contribution < -0.4 is 10.2 Å². The van der Waals surface area contributed by atoms with Crippen molar-refractivity contribution in [3.8, 4) is 0 Å². The summed E-state index contributed by atoms with van der Waals surface area (Å²) < 4.78 is 13.3. The minimum absolute atomic E-state index is 0.0637. The first-order valence-electron chi connectivity index (χ1n) is 4.46. The Kier molecular flexibility index (Phi) is 2.15. The molecule has 0 aliphatic carbocycles. The van der Waals surface area contributed by atoms with E-state index in [1.807, 2.05) is 0 Å². The fraction of sp³-hybridized carbons (Fsp3) is 0.200. The van der Waals surface area contributed by atoms with Gasteiger partial charge < -0.3 is 10.2 Å². The summed E-state index contributed by atoms with van der Waals surface area (Å²) in [6.45, 7) is 1.28. The van der Waals surface area contributed by atoms with Gasteiger partial charge in [0.1, 0.15) is 18.0 Å². The van der Waals surface area contributed by atoms with Crippen LogP contribution in [0.3, 0.4) is 0 Å². The number of halogens is 1. The minimum atomic E-state index is -0.535. The Balaban J connectivity index is 2.55. The predicted molar refractivity (Wildman–Crippen MR) is 53.1 cm³/mol. The average Bonchev–Trinajstić information content (AvgIpc) is 2.18. The highest BCUT2D eigenvalue weighted by molar-refractivity contribution is 6.09. The number of hydrogen-bond acceptors (Lipinski definition) is 2. The number of amides is 2. The van der Waals surface area contributed by atoms with E-state index in [-0.39, 0.29) is 24.0 Å². The number of fused-ring (bicyclic) bond motifs is 1. The molecule has 2 rings (SSSR count). The molecule has 1 N–H and O–H groups in total. The zero-order valence-corrected chi connectivity index (χ0v) is 8.08. The second-order valence-electron chi connectivity index (χ2n) is 3.29. The Labute approximate surface area is 85.7 Å². The molecule has 0 bridgehead atoms. The number of anilines is 2.